The fourth-order valence-electron chi connectivity index (χ4n) is 1.72. The van der Waals surface area contributed by atoms with Crippen LogP contribution in [-0.4, -0.2) is 30.9 Å². The molecule has 0 aliphatic heterocycles. The Hall–Kier alpha value is -2.32. The lowest BCUT2D eigenvalue weighted by Crippen LogP contribution is -2.30. The number of anilines is 1. The number of para-hydroxylation sites is 1. The van der Waals surface area contributed by atoms with Crippen molar-refractivity contribution < 1.29 is 9.59 Å². The van der Waals surface area contributed by atoms with E-state index in [1.54, 1.807) is 24.3 Å². The Bertz CT molecular complexity index is 544. The second-order valence-electron chi connectivity index (χ2n) is 4.65. The van der Waals surface area contributed by atoms with Gasteiger partial charge in [0, 0.05) is 6.04 Å². The molecule has 0 heterocycles. The lowest BCUT2D eigenvalue weighted by Gasteiger charge is -2.11. The predicted molar refractivity (Wildman–Crippen MR) is 77.3 cm³/mol. The van der Waals surface area contributed by atoms with E-state index in [1.807, 2.05) is 0 Å². The van der Waals surface area contributed by atoms with E-state index in [0.29, 0.717) is 17.8 Å². The van der Waals surface area contributed by atoms with Crippen molar-refractivity contribution in [2.24, 2.45) is 0 Å². The lowest BCUT2D eigenvalue weighted by molar-refractivity contribution is -0.115. The molecule has 20 heavy (non-hydrogen) atoms. The van der Waals surface area contributed by atoms with E-state index in [0.717, 1.165) is 12.8 Å². The molecule has 1 aromatic carbocycles. The maximum Gasteiger partial charge on any atom is 0.253 e. The summed E-state index contributed by atoms with van der Waals surface area (Å²) < 4.78 is 0. The van der Waals surface area contributed by atoms with Gasteiger partial charge in [-0.2, -0.15) is 0 Å². The van der Waals surface area contributed by atoms with E-state index in [4.69, 9.17) is 6.42 Å². The van der Waals surface area contributed by atoms with Gasteiger partial charge in [-0.15, -0.1) is 6.42 Å². The highest BCUT2D eigenvalue weighted by Crippen LogP contribution is 2.21. The number of rotatable bonds is 6. The highest BCUT2D eigenvalue weighted by molar-refractivity contribution is 6.04. The standard InChI is InChI=1S/C15H17N3O2/c1-2-9-16-10-14(19)18-13-6-4-3-5-12(13)15(20)17-11-7-8-11/h1,3-6,11,16H,7-10H2,(H,17,20)(H,18,19). The van der Waals surface area contributed by atoms with Gasteiger partial charge in [0.2, 0.25) is 5.91 Å². The van der Waals surface area contributed by atoms with Gasteiger partial charge in [0.25, 0.3) is 5.91 Å². The Morgan fingerprint density at radius 1 is 1.30 bits per heavy atom. The van der Waals surface area contributed by atoms with Gasteiger partial charge in [-0.05, 0) is 25.0 Å². The smallest absolute Gasteiger partial charge is 0.253 e. The Morgan fingerprint density at radius 2 is 2.05 bits per heavy atom. The van der Waals surface area contributed by atoms with Crippen LogP contribution in [0.25, 0.3) is 0 Å². The van der Waals surface area contributed by atoms with Crippen LogP contribution in [0.2, 0.25) is 0 Å². The van der Waals surface area contributed by atoms with Crippen LogP contribution < -0.4 is 16.0 Å². The molecule has 5 nitrogen and oxygen atoms in total. The highest BCUT2D eigenvalue weighted by Gasteiger charge is 2.24. The summed E-state index contributed by atoms with van der Waals surface area (Å²) in [5.74, 6) is 2.01. The molecule has 0 aromatic heterocycles. The molecular formula is C15H17N3O2. The maximum atomic E-state index is 12.1. The van der Waals surface area contributed by atoms with Crippen LogP contribution in [-0.2, 0) is 4.79 Å². The SMILES string of the molecule is C#CCNCC(=O)Nc1ccccc1C(=O)NC1CC1. The van der Waals surface area contributed by atoms with Gasteiger partial charge in [-0.3, -0.25) is 14.9 Å². The first-order valence-corrected chi connectivity index (χ1v) is 6.54. The molecule has 0 saturated heterocycles. The average molecular weight is 271 g/mol. The van der Waals surface area contributed by atoms with Gasteiger partial charge in [-0.1, -0.05) is 18.1 Å². The zero-order valence-electron chi connectivity index (χ0n) is 11.1. The van der Waals surface area contributed by atoms with Crippen molar-refractivity contribution in [3.8, 4) is 12.3 Å². The van der Waals surface area contributed by atoms with Crippen LogP contribution in [0.1, 0.15) is 23.2 Å². The first-order chi connectivity index (χ1) is 9.70. The zero-order chi connectivity index (χ0) is 14.4. The Kier molecular flexibility index (Phi) is 4.75. The molecule has 1 fully saturated rings. The molecule has 2 amide bonds. The van der Waals surface area contributed by atoms with Crippen molar-refractivity contribution in [2.75, 3.05) is 18.4 Å². The van der Waals surface area contributed by atoms with E-state index in [2.05, 4.69) is 21.9 Å². The third-order valence-corrected chi connectivity index (χ3v) is 2.87. The van der Waals surface area contributed by atoms with Gasteiger partial charge in [0.05, 0.1) is 24.3 Å². The minimum absolute atomic E-state index is 0.114. The summed E-state index contributed by atoms with van der Waals surface area (Å²) in [5, 5.41) is 8.41. The summed E-state index contributed by atoms with van der Waals surface area (Å²) in [6.45, 7) is 0.444. The normalized spacial score (nSPS) is 13.3. The molecule has 5 heteroatoms. The minimum Gasteiger partial charge on any atom is -0.349 e. The van der Waals surface area contributed by atoms with Crippen molar-refractivity contribution in [3.63, 3.8) is 0 Å². The first-order valence-electron chi connectivity index (χ1n) is 6.54. The molecule has 1 aliphatic carbocycles. The summed E-state index contributed by atoms with van der Waals surface area (Å²) in [5.41, 5.74) is 0.989. The molecule has 0 unspecified atom stereocenters. The topological polar surface area (TPSA) is 70.2 Å². The molecule has 0 spiro atoms. The molecule has 0 bridgehead atoms. The van der Waals surface area contributed by atoms with Crippen LogP contribution in [0.15, 0.2) is 24.3 Å². The second kappa shape index (κ2) is 6.73. The van der Waals surface area contributed by atoms with Gasteiger partial charge in [-0.25, -0.2) is 0 Å². The van der Waals surface area contributed by atoms with Gasteiger partial charge >= 0.3 is 0 Å². The van der Waals surface area contributed by atoms with Gasteiger partial charge < -0.3 is 10.6 Å². The highest BCUT2D eigenvalue weighted by atomic mass is 16.2. The first kappa shape index (κ1) is 14.1. The van der Waals surface area contributed by atoms with Crippen LogP contribution in [0.5, 0.6) is 0 Å². The molecule has 1 aromatic rings. The van der Waals surface area contributed by atoms with Crippen molar-refractivity contribution in [3.05, 3.63) is 29.8 Å². The van der Waals surface area contributed by atoms with E-state index < -0.39 is 0 Å². The van der Waals surface area contributed by atoms with Gasteiger partial charge in [0.15, 0.2) is 0 Å². The number of nitrogens with one attached hydrogen (secondary N) is 3. The summed E-state index contributed by atoms with van der Waals surface area (Å²) in [7, 11) is 0. The van der Waals surface area contributed by atoms with E-state index in [-0.39, 0.29) is 24.4 Å². The lowest BCUT2D eigenvalue weighted by atomic mass is 10.1. The number of hydrogen-bond donors (Lipinski definition) is 3. The summed E-state index contributed by atoms with van der Waals surface area (Å²) in [4.78, 5) is 23.8. The molecule has 3 N–H and O–H groups in total. The van der Waals surface area contributed by atoms with Crippen LogP contribution in [0, 0.1) is 12.3 Å². The van der Waals surface area contributed by atoms with E-state index in [9.17, 15) is 9.59 Å². The van der Waals surface area contributed by atoms with Crippen molar-refractivity contribution in [2.45, 2.75) is 18.9 Å². The average Bonchev–Trinajstić information content (AvgIpc) is 3.23. The fourth-order valence-corrected chi connectivity index (χ4v) is 1.72. The largest absolute Gasteiger partial charge is 0.349 e. The van der Waals surface area contributed by atoms with Crippen molar-refractivity contribution >= 4 is 17.5 Å². The molecule has 2 rings (SSSR count). The number of amides is 2. The molecule has 1 saturated carbocycles. The number of carbonyl (C=O) groups excluding carboxylic acids is 2. The summed E-state index contributed by atoms with van der Waals surface area (Å²) in [6.07, 6.45) is 7.13. The van der Waals surface area contributed by atoms with Crippen LogP contribution in [0.3, 0.4) is 0 Å². The Balaban J connectivity index is 1.98. The Labute approximate surface area is 118 Å². The number of terminal acetylenes is 1. The second-order valence-corrected chi connectivity index (χ2v) is 4.65. The summed E-state index contributed by atoms with van der Waals surface area (Å²) in [6, 6.07) is 7.23. The molecule has 104 valence electrons. The fraction of sp³-hybridized carbons (Fsp3) is 0.333. The van der Waals surface area contributed by atoms with E-state index in [1.165, 1.54) is 0 Å². The number of carbonyl (C=O) groups is 2. The molecule has 1 aliphatic rings. The van der Waals surface area contributed by atoms with Crippen molar-refractivity contribution in [1.82, 2.24) is 10.6 Å². The van der Waals surface area contributed by atoms with E-state index >= 15 is 0 Å². The monoisotopic (exact) mass is 271 g/mol. The third-order valence-electron chi connectivity index (χ3n) is 2.87. The van der Waals surface area contributed by atoms with Crippen LogP contribution in [0.4, 0.5) is 5.69 Å². The Morgan fingerprint density at radius 3 is 2.75 bits per heavy atom. The summed E-state index contributed by atoms with van der Waals surface area (Å²) >= 11 is 0. The zero-order valence-corrected chi connectivity index (χ0v) is 11.1. The van der Waals surface area contributed by atoms with Crippen LogP contribution >= 0.6 is 0 Å². The maximum absolute atomic E-state index is 12.1. The number of benzene rings is 1. The third kappa shape index (κ3) is 4.11. The number of hydrogen-bond acceptors (Lipinski definition) is 3. The quantitative estimate of drug-likeness (QED) is 0.528. The van der Waals surface area contributed by atoms with Crippen molar-refractivity contribution in [1.29, 1.82) is 0 Å². The molecule has 0 atom stereocenters. The minimum atomic E-state index is -0.230. The molecule has 0 radical (unpaired) electrons. The predicted octanol–water partition coefficient (Wildman–Crippen LogP) is 0.740. The van der Waals surface area contributed by atoms with Gasteiger partial charge in [0.1, 0.15) is 0 Å². The molecular weight excluding hydrogens is 254 g/mol.